The monoisotopic (exact) mass is 318 g/mol. The van der Waals surface area contributed by atoms with Crippen LogP contribution in [0.4, 0.5) is 16.2 Å². The minimum Gasteiger partial charge on any atom is -0.465 e. The third-order valence-corrected chi connectivity index (χ3v) is 3.10. The number of unbranched alkanes of at least 4 members (excludes halogenated alkanes) is 1. The predicted octanol–water partition coefficient (Wildman–Crippen LogP) is 2.76. The van der Waals surface area contributed by atoms with Gasteiger partial charge in [-0.1, -0.05) is 6.92 Å². The summed E-state index contributed by atoms with van der Waals surface area (Å²) in [6.07, 6.45) is 1.37. The number of carboxylic acid groups (broad SMARTS) is 1. The Kier molecular flexibility index (Phi) is 8.00. The number of benzene rings is 1. The maximum absolute atomic E-state index is 12.0. The van der Waals surface area contributed by atoms with Gasteiger partial charge in [0, 0.05) is 19.5 Å². The Balaban J connectivity index is 2.54. The molecule has 0 saturated heterocycles. The van der Waals surface area contributed by atoms with E-state index in [9.17, 15) is 9.59 Å². The zero-order chi connectivity index (χ0) is 17.1. The number of amides is 2. The zero-order valence-corrected chi connectivity index (χ0v) is 13.2. The molecule has 23 heavy (non-hydrogen) atoms. The molecule has 7 heteroatoms. The molecule has 0 spiro atoms. The number of anilines is 2. The van der Waals surface area contributed by atoms with Gasteiger partial charge in [-0.3, -0.25) is 4.79 Å². The summed E-state index contributed by atoms with van der Waals surface area (Å²) in [4.78, 5) is 22.3. The average Bonchev–Trinajstić information content (AvgIpc) is 2.53. The van der Waals surface area contributed by atoms with Gasteiger partial charge in [0.2, 0.25) is 5.91 Å². The summed E-state index contributed by atoms with van der Waals surface area (Å²) >= 11 is 0. The van der Waals surface area contributed by atoms with Crippen LogP contribution in [0.5, 0.6) is 0 Å². The van der Waals surface area contributed by atoms with Crippen LogP contribution >= 0.6 is 0 Å². The van der Waals surface area contributed by atoms with Crippen LogP contribution in [0.15, 0.2) is 18.2 Å². The van der Waals surface area contributed by atoms with Crippen LogP contribution in [0.3, 0.4) is 0 Å². The van der Waals surface area contributed by atoms with E-state index in [0.29, 0.717) is 37.1 Å². The summed E-state index contributed by atoms with van der Waals surface area (Å²) in [7, 11) is 0. The van der Waals surface area contributed by atoms with Crippen LogP contribution in [0.1, 0.15) is 38.2 Å². The van der Waals surface area contributed by atoms with Crippen molar-refractivity contribution < 1.29 is 14.7 Å². The Morgan fingerprint density at radius 3 is 2.65 bits per heavy atom. The first-order valence-electron chi connectivity index (χ1n) is 7.61. The molecule has 0 radical (unpaired) electrons. The Labute approximate surface area is 135 Å². The standard InChI is InChI=1S/C16H22N4O3/c1-2-8-18-13-7-6-12(11-17)10-14(13)20-15(21)5-3-4-9-19-16(22)23/h6-7,10,18-19H,2-5,8-9H2,1H3,(H,20,21)(H,22,23). The molecule has 1 aromatic carbocycles. The maximum Gasteiger partial charge on any atom is 0.404 e. The Bertz CT molecular complexity index is 581. The number of carbonyl (C=O) groups is 2. The number of nitrogens with one attached hydrogen (secondary N) is 3. The summed E-state index contributed by atoms with van der Waals surface area (Å²) < 4.78 is 0. The van der Waals surface area contributed by atoms with Gasteiger partial charge in [0.25, 0.3) is 0 Å². The van der Waals surface area contributed by atoms with Gasteiger partial charge in [-0.2, -0.15) is 5.26 Å². The van der Waals surface area contributed by atoms with Gasteiger partial charge >= 0.3 is 6.09 Å². The van der Waals surface area contributed by atoms with Crippen LogP contribution in [0.25, 0.3) is 0 Å². The molecular formula is C16H22N4O3. The molecule has 0 aliphatic rings. The fourth-order valence-corrected chi connectivity index (χ4v) is 1.95. The Morgan fingerprint density at radius 1 is 1.22 bits per heavy atom. The average molecular weight is 318 g/mol. The molecule has 0 bridgehead atoms. The smallest absolute Gasteiger partial charge is 0.404 e. The molecule has 2 amide bonds. The summed E-state index contributed by atoms with van der Waals surface area (Å²) in [5, 5.41) is 25.7. The highest BCUT2D eigenvalue weighted by Gasteiger charge is 2.08. The van der Waals surface area contributed by atoms with Crippen molar-refractivity contribution >= 4 is 23.4 Å². The maximum atomic E-state index is 12.0. The number of nitrogens with zero attached hydrogens (tertiary/aromatic N) is 1. The molecule has 0 fully saturated rings. The molecule has 7 nitrogen and oxygen atoms in total. The Morgan fingerprint density at radius 2 is 2.00 bits per heavy atom. The van der Waals surface area contributed by atoms with Crippen LogP contribution in [-0.2, 0) is 4.79 Å². The highest BCUT2D eigenvalue weighted by molar-refractivity contribution is 5.94. The molecule has 124 valence electrons. The Hall–Kier alpha value is -2.75. The van der Waals surface area contributed by atoms with Crippen molar-refractivity contribution in [3.05, 3.63) is 23.8 Å². The third-order valence-electron chi connectivity index (χ3n) is 3.10. The molecule has 1 rings (SSSR count). The van der Waals surface area contributed by atoms with Gasteiger partial charge in [-0.05, 0) is 37.5 Å². The van der Waals surface area contributed by atoms with Crippen molar-refractivity contribution in [3.63, 3.8) is 0 Å². The third kappa shape index (κ3) is 7.18. The normalized spacial score (nSPS) is 9.74. The minimum absolute atomic E-state index is 0.157. The molecule has 0 unspecified atom stereocenters. The molecule has 0 atom stereocenters. The van der Waals surface area contributed by atoms with Gasteiger partial charge < -0.3 is 21.1 Å². The van der Waals surface area contributed by atoms with Crippen LogP contribution < -0.4 is 16.0 Å². The second kappa shape index (κ2) is 10.1. The van der Waals surface area contributed by atoms with Gasteiger partial charge in [0.05, 0.1) is 23.0 Å². The van der Waals surface area contributed by atoms with E-state index >= 15 is 0 Å². The summed E-state index contributed by atoms with van der Waals surface area (Å²) in [5.41, 5.74) is 1.85. The summed E-state index contributed by atoms with van der Waals surface area (Å²) in [6, 6.07) is 7.17. The van der Waals surface area contributed by atoms with E-state index in [4.69, 9.17) is 10.4 Å². The van der Waals surface area contributed by atoms with E-state index < -0.39 is 6.09 Å². The lowest BCUT2D eigenvalue weighted by molar-refractivity contribution is -0.116. The summed E-state index contributed by atoms with van der Waals surface area (Å²) in [5.74, 6) is -0.157. The first kappa shape index (κ1) is 18.3. The summed E-state index contributed by atoms with van der Waals surface area (Å²) in [6.45, 7) is 3.14. The predicted molar refractivity (Wildman–Crippen MR) is 88.4 cm³/mol. The minimum atomic E-state index is -1.06. The first-order chi connectivity index (χ1) is 11.1. The molecule has 1 aromatic rings. The molecule has 0 aliphatic heterocycles. The number of hydrogen-bond donors (Lipinski definition) is 4. The van der Waals surface area contributed by atoms with Crippen molar-refractivity contribution in [2.24, 2.45) is 0 Å². The number of rotatable bonds is 9. The number of carbonyl (C=O) groups excluding carboxylic acids is 1. The second-order valence-corrected chi connectivity index (χ2v) is 5.04. The second-order valence-electron chi connectivity index (χ2n) is 5.04. The van der Waals surface area contributed by atoms with Gasteiger partial charge in [0.1, 0.15) is 0 Å². The van der Waals surface area contributed by atoms with Crippen molar-refractivity contribution in [2.75, 3.05) is 23.7 Å². The molecule has 0 saturated carbocycles. The van der Waals surface area contributed by atoms with E-state index in [1.165, 1.54) is 0 Å². The largest absolute Gasteiger partial charge is 0.465 e. The molecule has 0 aliphatic carbocycles. The topological polar surface area (TPSA) is 114 Å². The molecular weight excluding hydrogens is 296 g/mol. The molecule has 0 heterocycles. The van der Waals surface area contributed by atoms with Crippen LogP contribution in [-0.4, -0.2) is 30.2 Å². The van der Waals surface area contributed by atoms with Crippen LogP contribution in [0.2, 0.25) is 0 Å². The molecule has 0 aromatic heterocycles. The lowest BCUT2D eigenvalue weighted by Gasteiger charge is -2.13. The van der Waals surface area contributed by atoms with Crippen molar-refractivity contribution in [3.8, 4) is 6.07 Å². The van der Waals surface area contributed by atoms with Crippen molar-refractivity contribution in [1.82, 2.24) is 5.32 Å². The van der Waals surface area contributed by atoms with Crippen molar-refractivity contribution in [2.45, 2.75) is 32.6 Å². The lowest BCUT2D eigenvalue weighted by atomic mass is 10.1. The molecule has 4 N–H and O–H groups in total. The van der Waals surface area contributed by atoms with E-state index in [0.717, 1.165) is 18.7 Å². The quantitative estimate of drug-likeness (QED) is 0.523. The van der Waals surface area contributed by atoms with Gasteiger partial charge in [-0.25, -0.2) is 4.79 Å². The highest BCUT2D eigenvalue weighted by Crippen LogP contribution is 2.23. The lowest BCUT2D eigenvalue weighted by Crippen LogP contribution is -2.22. The van der Waals surface area contributed by atoms with Gasteiger partial charge in [0.15, 0.2) is 0 Å². The van der Waals surface area contributed by atoms with E-state index in [2.05, 4.69) is 22.0 Å². The highest BCUT2D eigenvalue weighted by atomic mass is 16.4. The number of hydrogen-bond acceptors (Lipinski definition) is 4. The van der Waals surface area contributed by atoms with E-state index in [-0.39, 0.29) is 5.91 Å². The fraction of sp³-hybridized carbons (Fsp3) is 0.438. The van der Waals surface area contributed by atoms with Crippen molar-refractivity contribution in [1.29, 1.82) is 5.26 Å². The fourth-order valence-electron chi connectivity index (χ4n) is 1.95. The van der Waals surface area contributed by atoms with Gasteiger partial charge in [-0.15, -0.1) is 0 Å². The first-order valence-corrected chi connectivity index (χ1v) is 7.61. The zero-order valence-electron chi connectivity index (χ0n) is 13.2. The SMILES string of the molecule is CCCNc1ccc(C#N)cc1NC(=O)CCCCNC(=O)O. The van der Waals surface area contributed by atoms with E-state index in [1.807, 2.05) is 6.92 Å². The van der Waals surface area contributed by atoms with E-state index in [1.54, 1.807) is 18.2 Å². The van der Waals surface area contributed by atoms with Crippen LogP contribution in [0, 0.1) is 11.3 Å². The number of nitriles is 1.